The number of nitrogens with one attached hydrogen (secondary N) is 1. The van der Waals surface area contributed by atoms with Gasteiger partial charge < -0.3 is 14.5 Å². The third kappa shape index (κ3) is 2.74. The molecule has 114 valence electrons. The molecule has 0 aliphatic heterocycles. The predicted molar refractivity (Wildman–Crippen MR) is 88.9 cm³/mol. The van der Waals surface area contributed by atoms with Crippen molar-refractivity contribution in [3.63, 3.8) is 0 Å². The molecule has 0 fully saturated rings. The number of para-hydroxylation sites is 2. The second-order valence-electron chi connectivity index (χ2n) is 4.75. The molecule has 0 saturated carbocycles. The van der Waals surface area contributed by atoms with Crippen molar-refractivity contribution in [2.75, 3.05) is 13.2 Å². The molecule has 0 aliphatic carbocycles. The van der Waals surface area contributed by atoms with Gasteiger partial charge in [-0.25, -0.2) is 4.98 Å². The highest BCUT2D eigenvalue weighted by molar-refractivity contribution is 6.33. The molecule has 1 N–H and O–H groups in total. The van der Waals surface area contributed by atoms with Crippen molar-refractivity contribution in [3.8, 4) is 22.9 Å². The molecule has 5 heteroatoms. The number of rotatable bonds is 5. The molecular weight excluding hydrogens is 300 g/mol. The minimum Gasteiger partial charge on any atom is -0.490 e. The number of imidazole rings is 1. The van der Waals surface area contributed by atoms with Crippen LogP contribution in [-0.2, 0) is 0 Å². The lowest BCUT2D eigenvalue weighted by atomic mass is 10.2. The number of hydrogen-bond donors (Lipinski definition) is 1. The molecule has 0 aliphatic rings. The fourth-order valence-corrected chi connectivity index (χ4v) is 2.58. The first-order valence-electron chi connectivity index (χ1n) is 7.27. The molecule has 0 unspecified atom stereocenters. The summed E-state index contributed by atoms with van der Waals surface area (Å²) in [6.07, 6.45) is 0. The van der Waals surface area contributed by atoms with E-state index in [4.69, 9.17) is 21.1 Å². The Kier molecular flexibility index (Phi) is 4.20. The van der Waals surface area contributed by atoms with Gasteiger partial charge in [-0.15, -0.1) is 0 Å². The van der Waals surface area contributed by atoms with Crippen LogP contribution in [0.25, 0.3) is 22.4 Å². The zero-order valence-corrected chi connectivity index (χ0v) is 13.3. The highest BCUT2D eigenvalue weighted by atomic mass is 35.5. The number of benzene rings is 2. The van der Waals surface area contributed by atoms with Crippen LogP contribution in [0.3, 0.4) is 0 Å². The number of ether oxygens (including phenoxy) is 2. The summed E-state index contributed by atoms with van der Waals surface area (Å²) in [5.74, 6) is 2.04. The lowest BCUT2D eigenvalue weighted by molar-refractivity contribution is 0.288. The number of hydrogen-bond acceptors (Lipinski definition) is 3. The maximum atomic E-state index is 6.40. The summed E-state index contributed by atoms with van der Waals surface area (Å²) in [5, 5.41) is 0.575. The van der Waals surface area contributed by atoms with E-state index in [0.29, 0.717) is 29.7 Å². The van der Waals surface area contributed by atoms with Crippen LogP contribution < -0.4 is 9.47 Å². The first-order chi connectivity index (χ1) is 10.7. The normalized spacial score (nSPS) is 10.9. The smallest absolute Gasteiger partial charge is 0.162 e. The van der Waals surface area contributed by atoms with E-state index < -0.39 is 0 Å². The summed E-state index contributed by atoms with van der Waals surface area (Å²) in [6, 6.07) is 11.5. The van der Waals surface area contributed by atoms with Crippen molar-refractivity contribution in [1.82, 2.24) is 9.97 Å². The Bertz CT molecular complexity index is 765. The first kappa shape index (κ1) is 14.7. The van der Waals surface area contributed by atoms with Gasteiger partial charge in [0.05, 0.1) is 29.3 Å². The van der Waals surface area contributed by atoms with E-state index in [0.717, 1.165) is 22.4 Å². The van der Waals surface area contributed by atoms with E-state index in [1.165, 1.54) is 0 Å². The van der Waals surface area contributed by atoms with Crippen molar-refractivity contribution in [3.05, 3.63) is 41.4 Å². The summed E-state index contributed by atoms with van der Waals surface area (Å²) >= 11 is 6.40. The monoisotopic (exact) mass is 316 g/mol. The fourth-order valence-electron chi connectivity index (χ4n) is 2.33. The molecule has 4 nitrogen and oxygen atoms in total. The number of halogens is 1. The highest BCUT2D eigenvalue weighted by Crippen LogP contribution is 2.38. The van der Waals surface area contributed by atoms with E-state index in [2.05, 4.69) is 9.97 Å². The lowest BCUT2D eigenvalue weighted by Crippen LogP contribution is -1.99. The Balaban J connectivity index is 2.10. The SMILES string of the molecule is CCOc1cc(Cl)c(-c2nc3ccccc3[nH]2)cc1OCC. The zero-order chi connectivity index (χ0) is 15.5. The summed E-state index contributed by atoms with van der Waals surface area (Å²) in [6.45, 7) is 4.98. The number of H-pyrrole nitrogens is 1. The third-order valence-corrected chi connectivity index (χ3v) is 3.59. The minimum absolute atomic E-state index is 0.556. The van der Waals surface area contributed by atoms with Gasteiger partial charge in [0.2, 0.25) is 0 Å². The van der Waals surface area contributed by atoms with Crippen molar-refractivity contribution >= 4 is 22.6 Å². The van der Waals surface area contributed by atoms with E-state index >= 15 is 0 Å². The van der Waals surface area contributed by atoms with Gasteiger partial charge in [-0.3, -0.25) is 0 Å². The fraction of sp³-hybridized carbons (Fsp3) is 0.235. The van der Waals surface area contributed by atoms with Crippen LogP contribution in [0.2, 0.25) is 5.02 Å². The molecule has 0 saturated heterocycles. The van der Waals surface area contributed by atoms with Gasteiger partial charge in [0.25, 0.3) is 0 Å². The van der Waals surface area contributed by atoms with Crippen LogP contribution in [0.4, 0.5) is 0 Å². The molecule has 1 heterocycles. The average Bonchev–Trinajstić information content (AvgIpc) is 2.94. The topological polar surface area (TPSA) is 47.1 Å². The molecule has 0 atom stereocenters. The molecule has 3 rings (SSSR count). The number of aromatic nitrogens is 2. The van der Waals surface area contributed by atoms with Crippen LogP contribution in [0.15, 0.2) is 36.4 Å². The summed E-state index contributed by atoms with van der Waals surface area (Å²) in [7, 11) is 0. The van der Waals surface area contributed by atoms with Crippen molar-refractivity contribution in [2.45, 2.75) is 13.8 Å². The third-order valence-electron chi connectivity index (χ3n) is 3.28. The Morgan fingerprint density at radius 3 is 2.41 bits per heavy atom. The summed E-state index contributed by atoms with van der Waals surface area (Å²) in [4.78, 5) is 7.87. The van der Waals surface area contributed by atoms with E-state index in [1.54, 1.807) is 6.07 Å². The molecule has 0 amide bonds. The van der Waals surface area contributed by atoms with Gasteiger partial charge in [-0.1, -0.05) is 23.7 Å². The average molecular weight is 317 g/mol. The minimum atomic E-state index is 0.556. The Labute approximate surface area is 134 Å². The van der Waals surface area contributed by atoms with Crippen LogP contribution in [-0.4, -0.2) is 23.2 Å². The molecule has 0 bridgehead atoms. The quantitative estimate of drug-likeness (QED) is 0.743. The Hall–Kier alpha value is -2.20. The number of aromatic amines is 1. The molecule has 0 spiro atoms. The second kappa shape index (κ2) is 6.28. The van der Waals surface area contributed by atoms with Crippen LogP contribution in [0.5, 0.6) is 11.5 Å². The van der Waals surface area contributed by atoms with Crippen molar-refractivity contribution < 1.29 is 9.47 Å². The Morgan fingerprint density at radius 1 is 1.05 bits per heavy atom. The van der Waals surface area contributed by atoms with Gasteiger partial charge in [0.15, 0.2) is 11.5 Å². The number of nitrogens with zero attached hydrogens (tertiary/aromatic N) is 1. The zero-order valence-electron chi connectivity index (χ0n) is 12.5. The predicted octanol–water partition coefficient (Wildman–Crippen LogP) is 4.68. The van der Waals surface area contributed by atoms with Gasteiger partial charge >= 0.3 is 0 Å². The van der Waals surface area contributed by atoms with Crippen LogP contribution >= 0.6 is 11.6 Å². The van der Waals surface area contributed by atoms with Gasteiger partial charge in [0.1, 0.15) is 5.82 Å². The standard InChI is InChI=1S/C17H17ClN2O2/c1-3-21-15-9-11(12(18)10-16(15)22-4-2)17-19-13-7-5-6-8-14(13)20-17/h5-10H,3-4H2,1-2H3,(H,19,20). The second-order valence-corrected chi connectivity index (χ2v) is 5.15. The Morgan fingerprint density at radius 2 is 1.73 bits per heavy atom. The van der Waals surface area contributed by atoms with E-state index in [1.807, 2.05) is 44.2 Å². The van der Waals surface area contributed by atoms with Gasteiger partial charge in [-0.2, -0.15) is 0 Å². The molecule has 1 aromatic heterocycles. The summed E-state index contributed by atoms with van der Waals surface area (Å²) in [5.41, 5.74) is 2.67. The molecule has 2 aromatic carbocycles. The maximum Gasteiger partial charge on any atom is 0.162 e. The largest absolute Gasteiger partial charge is 0.490 e. The molecular formula is C17H17ClN2O2. The van der Waals surface area contributed by atoms with E-state index in [-0.39, 0.29) is 0 Å². The van der Waals surface area contributed by atoms with Crippen molar-refractivity contribution in [2.24, 2.45) is 0 Å². The maximum absolute atomic E-state index is 6.40. The van der Waals surface area contributed by atoms with Crippen molar-refractivity contribution in [1.29, 1.82) is 0 Å². The first-order valence-corrected chi connectivity index (χ1v) is 7.65. The number of fused-ring (bicyclic) bond motifs is 1. The summed E-state index contributed by atoms with van der Waals surface area (Å²) < 4.78 is 11.2. The van der Waals surface area contributed by atoms with Gasteiger partial charge in [-0.05, 0) is 32.0 Å². The molecule has 3 aromatic rings. The molecule has 0 radical (unpaired) electrons. The van der Waals surface area contributed by atoms with E-state index in [9.17, 15) is 0 Å². The lowest BCUT2D eigenvalue weighted by Gasteiger charge is -2.13. The van der Waals surface area contributed by atoms with Crippen LogP contribution in [0, 0.1) is 0 Å². The molecule has 22 heavy (non-hydrogen) atoms. The van der Waals surface area contributed by atoms with Crippen LogP contribution in [0.1, 0.15) is 13.8 Å². The van der Waals surface area contributed by atoms with Gasteiger partial charge in [0, 0.05) is 11.6 Å². The highest BCUT2D eigenvalue weighted by Gasteiger charge is 2.15.